The fraction of sp³-hybridized carbons (Fsp3) is 0.250. The van der Waals surface area contributed by atoms with Gasteiger partial charge in [0.25, 0.3) is 0 Å². The van der Waals surface area contributed by atoms with Crippen LogP contribution >= 0.6 is 0 Å². The van der Waals surface area contributed by atoms with E-state index < -0.39 is 5.97 Å². The highest BCUT2D eigenvalue weighted by Crippen LogP contribution is 2.39. The zero-order valence-corrected chi connectivity index (χ0v) is 12.8. The van der Waals surface area contributed by atoms with Gasteiger partial charge in [0.05, 0.1) is 14.2 Å². The van der Waals surface area contributed by atoms with Crippen LogP contribution in [0.3, 0.4) is 0 Å². The van der Waals surface area contributed by atoms with Crippen molar-refractivity contribution in [1.29, 1.82) is 0 Å². The number of methoxy groups -OCH3 is 2. The quantitative estimate of drug-likeness (QED) is 0.361. The van der Waals surface area contributed by atoms with Crippen molar-refractivity contribution in [3.63, 3.8) is 0 Å². The van der Waals surface area contributed by atoms with E-state index in [0.29, 0.717) is 23.6 Å². The summed E-state index contributed by atoms with van der Waals surface area (Å²) in [6.45, 7) is 5.19. The van der Waals surface area contributed by atoms with Crippen LogP contribution in [0.2, 0.25) is 0 Å². The van der Waals surface area contributed by atoms with Crippen molar-refractivity contribution in [3.05, 3.63) is 36.4 Å². The zero-order valence-electron chi connectivity index (χ0n) is 12.8. The van der Waals surface area contributed by atoms with Crippen LogP contribution in [0.1, 0.15) is 12.5 Å². The second kappa shape index (κ2) is 8.51. The smallest absolute Gasteiger partial charge is 0.308 e. The van der Waals surface area contributed by atoms with Gasteiger partial charge < -0.3 is 19.5 Å². The van der Waals surface area contributed by atoms with Gasteiger partial charge in [0.1, 0.15) is 0 Å². The molecule has 1 amide bonds. The maximum absolute atomic E-state index is 11.5. The van der Waals surface area contributed by atoms with Gasteiger partial charge >= 0.3 is 5.97 Å². The Morgan fingerprint density at radius 2 is 1.82 bits per heavy atom. The number of esters is 1. The molecule has 0 bridgehead atoms. The first-order chi connectivity index (χ1) is 10.5. The van der Waals surface area contributed by atoms with Crippen molar-refractivity contribution in [2.45, 2.75) is 6.92 Å². The number of ether oxygens (including phenoxy) is 3. The van der Waals surface area contributed by atoms with Crippen molar-refractivity contribution in [2.75, 3.05) is 20.8 Å². The zero-order chi connectivity index (χ0) is 16.5. The van der Waals surface area contributed by atoms with E-state index in [1.54, 1.807) is 24.3 Å². The molecule has 0 fully saturated rings. The van der Waals surface area contributed by atoms with Gasteiger partial charge in [-0.2, -0.15) is 0 Å². The summed E-state index contributed by atoms with van der Waals surface area (Å²) in [5.41, 5.74) is 0.665. The monoisotopic (exact) mass is 305 g/mol. The van der Waals surface area contributed by atoms with E-state index in [4.69, 9.17) is 14.2 Å². The molecule has 0 unspecified atom stereocenters. The number of hydrogen-bond donors (Lipinski definition) is 1. The summed E-state index contributed by atoms with van der Waals surface area (Å²) in [4.78, 5) is 22.7. The van der Waals surface area contributed by atoms with Crippen LogP contribution in [0.15, 0.2) is 30.9 Å². The number of rotatable bonds is 7. The van der Waals surface area contributed by atoms with E-state index in [1.165, 1.54) is 27.2 Å². The molecule has 22 heavy (non-hydrogen) atoms. The van der Waals surface area contributed by atoms with Gasteiger partial charge in [0, 0.05) is 19.5 Å². The Kier molecular flexibility index (Phi) is 6.69. The maximum Gasteiger partial charge on any atom is 0.308 e. The molecule has 1 rings (SSSR count). The average molecular weight is 305 g/mol. The minimum Gasteiger partial charge on any atom is -0.493 e. The first kappa shape index (κ1) is 17.3. The summed E-state index contributed by atoms with van der Waals surface area (Å²) in [5, 5.41) is 2.62. The van der Waals surface area contributed by atoms with Crippen LogP contribution in [0, 0.1) is 0 Å². The summed E-state index contributed by atoms with van der Waals surface area (Å²) in [6, 6.07) is 3.27. The predicted molar refractivity (Wildman–Crippen MR) is 83.1 cm³/mol. The van der Waals surface area contributed by atoms with Crippen LogP contribution in [0.25, 0.3) is 6.08 Å². The molecule has 0 heterocycles. The largest absolute Gasteiger partial charge is 0.493 e. The van der Waals surface area contributed by atoms with Gasteiger partial charge in [-0.15, -0.1) is 6.58 Å². The lowest BCUT2D eigenvalue weighted by Gasteiger charge is -2.13. The molecule has 6 nitrogen and oxygen atoms in total. The number of carbonyl (C=O) groups excluding carboxylic acids is 2. The number of amides is 1. The van der Waals surface area contributed by atoms with E-state index in [9.17, 15) is 9.59 Å². The fourth-order valence-corrected chi connectivity index (χ4v) is 1.64. The Bertz CT molecular complexity index is 567. The maximum atomic E-state index is 11.5. The summed E-state index contributed by atoms with van der Waals surface area (Å²) in [5.74, 6) is 0.137. The highest BCUT2D eigenvalue weighted by atomic mass is 16.6. The van der Waals surface area contributed by atoms with Crippen molar-refractivity contribution < 1.29 is 23.8 Å². The molecule has 0 saturated heterocycles. The van der Waals surface area contributed by atoms with Crippen molar-refractivity contribution in [3.8, 4) is 17.2 Å². The lowest BCUT2D eigenvalue weighted by Crippen LogP contribution is -2.20. The molecule has 0 aliphatic carbocycles. The van der Waals surface area contributed by atoms with Crippen molar-refractivity contribution in [2.24, 2.45) is 0 Å². The molecule has 1 aromatic carbocycles. The van der Waals surface area contributed by atoms with E-state index in [2.05, 4.69) is 11.9 Å². The first-order valence-corrected chi connectivity index (χ1v) is 6.53. The molecule has 0 atom stereocenters. The highest BCUT2D eigenvalue weighted by molar-refractivity contribution is 5.92. The third-order valence-electron chi connectivity index (χ3n) is 2.58. The highest BCUT2D eigenvalue weighted by Gasteiger charge is 2.15. The van der Waals surface area contributed by atoms with Crippen molar-refractivity contribution >= 4 is 18.0 Å². The van der Waals surface area contributed by atoms with Gasteiger partial charge in [-0.1, -0.05) is 6.08 Å². The second-order valence-electron chi connectivity index (χ2n) is 4.22. The Hall–Kier alpha value is -2.76. The molecule has 6 heteroatoms. The average Bonchev–Trinajstić information content (AvgIpc) is 2.50. The van der Waals surface area contributed by atoms with E-state index in [1.807, 2.05) is 0 Å². The first-order valence-electron chi connectivity index (χ1n) is 6.53. The molecule has 0 saturated carbocycles. The van der Waals surface area contributed by atoms with Crippen LogP contribution in [-0.4, -0.2) is 32.6 Å². The van der Waals surface area contributed by atoms with E-state index in [-0.39, 0.29) is 11.7 Å². The summed E-state index contributed by atoms with van der Waals surface area (Å²) in [7, 11) is 2.90. The normalized spacial score (nSPS) is 10.1. The molecule has 118 valence electrons. The molecule has 0 radical (unpaired) electrons. The minimum absolute atomic E-state index is 0.200. The molecule has 0 aromatic heterocycles. The molecule has 0 spiro atoms. The number of nitrogens with one attached hydrogen (secondary N) is 1. The lowest BCUT2D eigenvalue weighted by atomic mass is 10.1. The molecule has 1 aromatic rings. The third kappa shape index (κ3) is 4.97. The fourth-order valence-electron chi connectivity index (χ4n) is 1.64. The predicted octanol–water partition coefficient (Wildman–Crippen LogP) is 1.94. The molecular weight excluding hydrogens is 286 g/mol. The number of benzene rings is 1. The number of carbonyl (C=O) groups is 2. The number of hydrogen-bond acceptors (Lipinski definition) is 5. The molecule has 0 aliphatic rings. The topological polar surface area (TPSA) is 73.9 Å². The lowest BCUT2D eigenvalue weighted by molar-refractivity contribution is -0.132. The third-order valence-corrected chi connectivity index (χ3v) is 2.58. The Labute approximate surface area is 129 Å². The SMILES string of the molecule is C=CCNC(=O)/C=C/c1cc(OC)c(OC(C)=O)c(OC)c1. The van der Waals surface area contributed by atoms with Gasteiger partial charge in [-0.05, 0) is 23.8 Å². The van der Waals surface area contributed by atoms with Crippen LogP contribution < -0.4 is 19.5 Å². The molecular formula is C16H19NO5. The van der Waals surface area contributed by atoms with Gasteiger partial charge in [0.2, 0.25) is 11.7 Å². The molecule has 0 aliphatic heterocycles. The van der Waals surface area contributed by atoms with Gasteiger partial charge in [0.15, 0.2) is 11.5 Å². The van der Waals surface area contributed by atoms with Crippen LogP contribution in [-0.2, 0) is 9.59 Å². The Morgan fingerprint density at radius 1 is 1.23 bits per heavy atom. The summed E-state index contributed by atoms with van der Waals surface area (Å²) < 4.78 is 15.5. The van der Waals surface area contributed by atoms with Gasteiger partial charge in [-0.3, -0.25) is 9.59 Å². The van der Waals surface area contributed by atoms with E-state index >= 15 is 0 Å². The van der Waals surface area contributed by atoms with Crippen LogP contribution in [0.4, 0.5) is 0 Å². The molecule has 1 N–H and O–H groups in total. The summed E-state index contributed by atoms with van der Waals surface area (Å²) >= 11 is 0. The van der Waals surface area contributed by atoms with Crippen molar-refractivity contribution in [1.82, 2.24) is 5.32 Å². The summed E-state index contributed by atoms with van der Waals surface area (Å²) in [6.07, 6.45) is 4.57. The van der Waals surface area contributed by atoms with Gasteiger partial charge in [-0.25, -0.2) is 0 Å². The second-order valence-corrected chi connectivity index (χ2v) is 4.22. The van der Waals surface area contributed by atoms with E-state index in [0.717, 1.165) is 0 Å². The Balaban J connectivity index is 3.07. The Morgan fingerprint density at radius 3 is 2.27 bits per heavy atom. The standard InChI is InChI=1S/C16H19NO5/c1-5-8-17-15(19)7-6-12-9-13(20-3)16(22-11(2)18)14(10-12)21-4/h5-7,9-10H,1,8H2,2-4H3,(H,17,19)/b7-6+. The minimum atomic E-state index is -0.483. The van der Waals surface area contributed by atoms with Crippen LogP contribution in [0.5, 0.6) is 17.2 Å².